The van der Waals surface area contributed by atoms with E-state index < -0.39 is 5.97 Å². The van der Waals surface area contributed by atoms with Crippen molar-refractivity contribution in [3.05, 3.63) is 55.2 Å². The number of hydrogen-bond acceptors (Lipinski definition) is 2. The van der Waals surface area contributed by atoms with Crippen molar-refractivity contribution in [2.75, 3.05) is 0 Å². The first-order valence-corrected chi connectivity index (χ1v) is 7.08. The van der Waals surface area contributed by atoms with Crippen LogP contribution in [0.1, 0.15) is 10.4 Å². The van der Waals surface area contributed by atoms with Crippen LogP contribution in [0.5, 0.6) is 0 Å². The fourth-order valence-corrected chi connectivity index (χ4v) is 2.99. The van der Waals surface area contributed by atoms with Crippen molar-refractivity contribution in [2.24, 2.45) is 0 Å². The minimum Gasteiger partial charge on any atom is -0.478 e. The van der Waals surface area contributed by atoms with E-state index in [9.17, 15) is 9.90 Å². The molecule has 1 N–H and O–H groups in total. The lowest BCUT2D eigenvalue weighted by Crippen LogP contribution is -1.97. The third kappa shape index (κ3) is 3.51. The largest absolute Gasteiger partial charge is 0.478 e. The molecular weight excluding hydrogens is 327 g/mol. The second kappa shape index (κ2) is 5.97. The molecule has 1 heterocycles. The van der Waals surface area contributed by atoms with Crippen LogP contribution in [0.3, 0.4) is 0 Å². The van der Waals surface area contributed by atoms with E-state index in [0.29, 0.717) is 24.8 Å². The molecule has 2 rings (SSSR count). The van der Waals surface area contributed by atoms with Gasteiger partial charge in [-0.1, -0.05) is 40.9 Å². The van der Waals surface area contributed by atoms with Gasteiger partial charge in [-0.2, -0.15) is 0 Å². The molecule has 1 aromatic heterocycles. The summed E-state index contributed by atoms with van der Waals surface area (Å²) in [6.07, 6.45) is 1.50. The maximum Gasteiger partial charge on any atom is 0.337 e. The first kappa shape index (κ1) is 14.4. The van der Waals surface area contributed by atoms with Crippen LogP contribution in [-0.4, -0.2) is 11.1 Å². The summed E-state index contributed by atoms with van der Waals surface area (Å²) in [5.74, 6) is -1.04. The Bertz CT molecular complexity index is 662. The highest BCUT2D eigenvalue weighted by Crippen LogP contribution is 2.31. The van der Waals surface area contributed by atoms with Crippen LogP contribution >= 0.6 is 46.1 Å². The number of carboxylic acids is 1. The van der Waals surface area contributed by atoms with Gasteiger partial charge in [0.15, 0.2) is 0 Å². The minimum atomic E-state index is -1.04. The smallest absolute Gasteiger partial charge is 0.337 e. The highest BCUT2D eigenvalue weighted by molar-refractivity contribution is 7.17. The Labute approximate surface area is 128 Å². The number of benzene rings is 1. The van der Waals surface area contributed by atoms with Gasteiger partial charge in [-0.15, -0.1) is 11.3 Å². The van der Waals surface area contributed by atoms with E-state index in [1.54, 1.807) is 30.3 Å². The van der Waals surface area contributed by atoms with Gasteiger partial charge < -0.3 is 5.11 Å². The molecule has 0 unspecified atom stereocenters. The van der Waals surface area contributed by atoms with Crippen LogP contribution in [0.4, 0.5) is 0 Å². The number of rotatable bonds is 3. The van der Waals surface area contributed by atoms with Crippen molar-refractivity contribution in [1.29, 1.82) is 0 Å². The van der Waals surface area contributed by atoms with Crippen molar-refractivity contribution in [3.8, 4) is 0 Å². The van der Waals surface area contributed by atoms with E-state index in [4.69, 9.17) is 34.8 Å². The first-order valence-electron chi connectivity index (χ1n) is 5.13. The summed E-state index contributed by atoms with van der Waals surface area (Å²) in [5, 5.41) is 10.2. The van der Waals surface area contributed by atoms with Gasteiger partial charge in [0, 0.05) is 14.9 Å². The second-order valence-corrected chi connectivity index (χ2v) is 6.19. The van der Waals surface area contributed by atoms with E-state index >= 15 is 0 Å². The molecule has 0 atom stereocenters. The summed E-state index contributed by atoms with van der Waals surface area (Å²) in [5.41, 5.74) is 0.731. The van der Waals surface area contributed by atoms with Crippen LogP contribution in [0, 0.1) is 0 Å². The Morgan fingerprint density at radius 2 is 1.89 bits per heavy atom. The third-order valence-corrected chi connectivity index (χ3v) is 4.16. The zero-order valence-corrected chi connectivity index (χ0v) is 12.4. The Kier molecular flexibility index (Phi) is 4.53. The average Bonchev–Trinajstić information content (AvgIpc) is 2.74. The summed E-state index contributed by atoms with van der Waals surface area (Å²) in [4.78, 5) is 11.9. The molecule has 0 saturated carbocycles. The molecule has 1 aromatic carbocycles. The number of halogens is 3. The first-order chi connectivity index (χ1) is 8.97. The maximum absolute atomic E-state index is 11.3. The van der Waals surface area contributed by atoms with E-state index in [-0.39, 0.29) is 5.57 Å². The molecular formula is C13H7Cl3O2S. The summed E-state index contributed by atoms with van der Waals surface area (Å²) in [7, 11) is 0. The second-order valence-electron chi connectivity index (χ2n) is 3.63. The molecule has 0 aliphatic rings. The van der Waals surface area contributed by atoms with Crippen molar-refractivity contribution in [2.45, 2.75) is 0 Å². The molecule has 0 radical (unpaired) electrons. The van der Waals surface area contributed by atoms with E-state index in [1.807, 2.05) is 0 Å². The molecule has 2 nitrogen and oxygen atoms in total. The Hall–Kier alpha value is -1.000. The van der Waals surface area contributed by atoms with Crippen molar-refractivity contribution in [1.82, 2.24) is 0 Å². The monoisotopic (exact) mass is 332 g/mol. The highest BCUT2D eigenvalue weighted by Gasteiger charge is 2.13. The van der Waals surface area contributed by atoms with Gasteiger partial charge in [-0.3, -0.25) is 0 Å². The predicted molar refractivity (Wildman–Crippen MR) is 81.3 cm³/mol. The normalized spacial score (nSPS) is 11.6. The van der Waals surface area contributed by atoms with Crippen molar-refractivity contribution in [3.63, 3.8) is 0 Å². The fraction of sp³-hybridized carbons (Fsp3) is 0. The van der Waals surface area contributed by atoms with Gasteiger partial charge in [-0.25, -0.2) is 4.79 Å². The fourth-order valence-electron chi connectivity index (χ4n) is 1.47. The topological polar surface area (TPSA) is 37.3 Å². The van der Waals surface area contributed by atoms with Gasteiger partial charge in [0.1, 0.15) is 0 Å². The molecule has 6 heteroatoms. The van der Waals surface area contributed by atoms with Gasteiger partial charge >= 0.3 is 5.97 Å². The lowest BCUT2D eigenvalue weighted by atomic mass is 10.1. The average molecular weight is 334 g/mol. The molecule has 0 amide bonds. The molecule has 19 heavy (non-hydrogen) atoms. The van der Waals surface area contributed by atoms with Crippen molar-refractivity contribution < 1.29 is 9.90 Å². The molecule has 98 valence electrons. The zero-order valence-electron chi connectivity index (χ0n) is 9.36. The zero-order chi connectivity index (χ0) is 14.0. The van der Waals surface area contributed by atoms with Crippen molar-refractivity contribution >= 4 is 63.8 Å². The number of carbonyl (C=O) groups is 1. The summed E-state index contributed by atoms with van der Waals surface area (Å²) in [6.45, 7) is 0. The molecule has 0 bridgehead atoms. The molecule has 0 fully saturated rings. The lowest BCUT2D eigenvalue weighted by molar-refractivity contribution is -0.130. The number of thiophene rings is 1. The van der Waals surface area contributed by atoms with Crippen LogP contribution in [0.25, 0.3) is 11.6 Å². The SMILES string of the molecule is O=C(O)/C(=C\c1ccc(Cl)cc1Cl)c1ccc(Cl)s1. The predicted octanol–water partition coefficient (Wildman–Crippen LogP) is 5.33. The van der Waals surface area contributed by atoms with E-state index in [0.717, 1.165) is 0 Å². The molecule has 0 saturated heterocycles. The standard InChI is InChI=1S/C13H7Cl3O2S/c14-8-2-1-7(10(15)6-8)5-9(13(17)18)11-3-4-12(16)19-11/h1-6H,(H,17,18)/b9-5-. The van der Waals surface area contributed by atoms with Gasteiger partial charge in [0.05, 0.1) is 9.91 Å². The van der Waals surface area contributed by atoms with Crippen LogP contribution < -0.4 is 0 Å². The molecule has 2 aromatic rings. The number of hydrogen-bond donors (Lipinski definition) is 1. The third-order valence-electron chi connectivity index (χ3n) is 2.33. The van der Waals surface area contributed by atoms with Gasteiger partial charge in [0.25, 0.3) is 0 Å². The summed E-state index contributed by atoms with van der Waals surface area (Å²) in [6, 6.07) is 8.21. The van der Waals surface area contributed by atoms with Crippen LogP contribution in [0.15, 0.2) is 30.3 Å². The molecule has 0 spiro atoms. The molecule has 0 aliphatic carbocycles. The Morgan fingerprint density at radius 1 is 1.16 bits per heavy atom. The highest BCUT2D eigenvalue weighted by atomic mass is 35.5. The van der Waals surface area contributed by atoms with Crippen LogP contribution in [0.2, 0.25) is 14.4 Å². The molecule has 0 aliphatic heterocycles. The minimum absolute atomic E-state index is 0.140. The summed E-state index contributed by atoms with van der Waals surface area (Å²) < 4.78 is 0.532. The lowest BCUT2D eigenvalue weighted by Gasteiger charge is -2.02. The van der Waals surface area contributed by atoms with E-state index in [1.165, 1.54) is 17.4 Å². The van der Waals surface area contributed by atoms with Gasteiger partial charge in [0.2, 0.25) is 0 Å². The van der Waals surface area contributed by atoms with Crippen LogP contribution in [-0.2, 0) is 4.79 Å². The number of carboxylic acid groups (broad SMARTS) is 1. The van der Waals surface area contributed by atoms with Gasteiger partial charge in [-0.05, 0) is 35.9 Å². The summed E-state index contributed by atoms with van der Waals surface area (Å²) >= 11 is 18.8. The van der Waals surface area contributed by atoms with E-state index in [2.05, 4.69) is 0 Å². The maximum atomic E-state index is 11.3. The Morgan fingerprint density at radius 3 is 2.42 bits per heavy atom. The quantitative estimate of drug-likeness (QED) is 0.770. The number of aliphatic carboxylic acids is 1. The Balaban J connectivity index is 2.50.